The van der Waals surface area contributed by atoms with Crippen molar-refractivity contribution in [3.63, 3.8) is 0 Å². The molecule has 0 aromatic heterocycles. The molecule has 52 valence electrons. The van der Waals surface area contributed by atoms with E-state index in [-0.39, 0.29) is 65.4 Å². The molecular weight excluding hydrogens is 280 g/mol. The molecule has 1 amide bonds. The smallest absolute Gasteiger partial charge is 0 e. The van der Waals surface area contributed by atoms with Crippen LogP contribution in [0.5, 0.6) is 0 Å². The quantitative estimate of drug-likeness (QED) is 0.638. The third-order valence-corrected chi connectivity index (χ3v) is 1.31. The van der Waals surface area contributed by atoms with Gasteiger partial charge in [0.1, 0.15) is 0 Å². The summed E-state index contributed by atoms with van der Waals surface area (Å²) in [6.45, 7) is 1.68. The van der Waals surface area contributed by atoms with Crippen molar-refractivity contribution in [2.75, 3.05) is 13.1 Å². The Morgan fingerprint density at radius 1 is 1.40 bits per heavy atom. The number of likely N-dealkylation sites (tertiary alicyclic amines) is 1. The molecule has 4 heteroatoms. The summed E-state index contributed by atoms with van der Waals surface area (Å²) in [4.78, 5) is 11.6. The minimum atomic E-state index is 0. The molecule has 2 radical (unpaired) electrons. The average Bonchev–Trinajstić information content (AvgIpc) is 1.90. The monoisotopic (exact) mass is 289 g/mol. The van der Waals surface area contributed by atoms with Gasteiger partial charge in [-0.05, 0) is 6.54 Å². The van der Waals surface area contributed by atoms with Crippen LogP contribution >= 0.6 is 0 Å². The van der Waals surface area contributed by atoms with Gasteiger partial charge in [0, 0.05) is 65.4 Å². The van der Waals surface area contributed by atoms with E-state index < -0.39 is 0 Å². The van der Waals surface area contributed by atoms with Crippen LogP contribution in [-0.4, -0.2) is 24.4 Å². The molecule has 2 nitrogen and oxygen atoms in total. The Hall–Kier alpha value is 1.68. The second kappa shape index (κ2) is 8.77. The first-order valence-electron chi connectivity index (χ1n) is 2.88. The van der Waals surface area contributed by atoms with E-state index in [1.54, 1.807) is 4.90 Å². The zero-order valence-electron chi connectivity index (χ0n) is 5.92. The standard InChI is InChI=1S/C6H9NO.2Y/c8-6-7-4-2-1-3-5-7;;/h2H,1,3-5H2;;/q-2;;. The van der Waals surface area contributed by atoms with Crippen LogP contribution in [0.15, 0.2) is 0 Å². The average molecular weight is 289 g/mol. The molecule has 0 aliphatic carbocycles. The molecule has 1 aliphatic rings. The van der Waals surface area contributed by atoms with Crippen LogP contribution in [0.4, 0.5) is 0 Å². The Balaban J connectivity index is 0. The Morgan fingerprint density at radius 3 is 2.40 bits per heavy atom. The maximum absolute atomic E-state index is 9.94. The summed E-state index contributed by atoms with van der Waals surface area (Å²) < 4.78 is 0. The minimum absolute atomic E-state index is 0. The summed E-state index contributed by atoms with van der Waals surface area (Å²) >= 11 is 0. The molecule has 0 aromatic carbocycles. The van der Waals surface area contributed by atoms with Gasteiger partial charge in [0.25, 0.3) is 0 Å². The van der Waals surface area contributed by atoms with Gasteiger partial charge < -0.3 is 16.1 Å². The van der Waals surface area contributed by atoms with Crippen LogP contribution in [0.2, 0.25) is 0 Å². The Morgan fingerprint density at radius 2 is 2.10 bits per heavy atom. The van der Waals surface area contributed by atoms with Crippen molar-refractivity contribution in [1.82, 2.24) is 4.90 Å². The van der Waals surface area contributed by atoms with Crippen molar-refractivity contribution in [1.29, 1.82) is 0 Å². The Bertz CT molecular complexity index is 83.8. The van der Waals surface area contributed by atoms with Crippen molar-refractivity contribution in [3.8, 4) is 0 Å². The second-order valence-corrected chi connectivity index (χ2v) is 1.97. The van der Waals surface area contributed by atoms with Crippen LogP contribution in [0, 0.1) is 6.42 Å². The van der Waals surface area contributed by atoms with E-state index in [1.165, 1.54) is 0 Å². The number of hydrogen-bond acceptors (Lipinski definition) is 1. The minimum Gasteiger partial charge on any atom is -0.542 e. The van der Waals surface area contributed by atoms with Crippen molar-refractivity contribution in [2.24, 2.45) is 0 Å². The van der Waals surface area contributed by atoms with Gasteiger partial charge in [-0.3, -0.25) is 0 Å². The predicted octanol–water partition coefficient (Wildman–Crippen LogP) is 0.349. The number of hydrogen-bond donors (Lipinski definition) is 0. The van der Waals surface area contributed by atoms with E-state index in [9.17, 15) is 4.79 Å². The molecule has 0 bridgehead atoms. The molecule has 1 rings (SSSR count). The van der Waals surface area contributed by atoms with Gasteiger partial charge in [-0.25, -0.2) is 0 Å². The number of nitrogens with zero attached hydrogens (tertiary/aromatic N) is 1. The van der Waals surface area contributed by atoms with E-state index in [4.69, 9.17) is 0 Å². The van der Waals surface area contributed by atoms with Crippen LogP contribution < -0.4 is 0 Å². The van der Waals surface area contributed by atoms with Gasteiger partial charge in [0.15, 0.2) is 0 Å². The van der Waals surface area contributed by atoms with Gasteiger partial charge in [-0.15, -0.1) is 6.54 Å². The first kappa shape index (κ1) is 14.2. The van der Waals surface area contributed by atoms with Crippen LogP contribution in [0.25, 0.3) is 0 Å². The fourth-order valence-electron chi connectivity index (χ4n) is 0.848. The Labute approximate surface area is 112 Å². The summed E-state index contributed by atoms with van der Waals surface area (Å²) in [5.74, 6) is 0. The fraction of sp³-hybridized carbons (Fsp3) is 0.667. The predicted molar refractivity (Wildman–Crippen MR) is 30.8 cm³/mol. The summed E-state index contributed by atoms with van der Waals surface area (Å²) in [6, 6.07) is 0. The van der Waals surface area contributed by atoms with Gasteiger partial charge in [-0.2, -0.15) is 12.8 Å². The molecule has 0 spiro atoms. The SMILES string of the molecule is O=[C-]N1C[CH-]CCC1.[Y].[Y]. The molecule has 1 heterocycles. The number of piperidine rings is 1. The van der Waals surface area contributed by atoms with E-state index in [1.807, 2.05) is 6.41 Å². The molecular formula is C6H9NOY2-2. The maximum atomic E-state index is 9.94. The topological polar surface area (TPSA) is 20.3 Å². The summed E-state index contributed by atoms with van der Waals surface area (Å²) in [5, 5.41) is 0. The third-order valence-electron chi connectivity index (χ3n) is 1.31. The molecule has 0 unspecified atom stereocenters. The fourth-order valence-corrected chi connectivity index (χ4v) is 0.848. The van der Waals surface area contributed by atoms with E-state index in [0.717, 1.165) is 25.9 Å². The largest absolute Gasteiger partial charge is 0.542 e. The van der Waals surface area contributed by atoms with Crippen molar-refractivity contribution in [3.05, 3.63) is 6.42 Å². The van der Waals surface area contributed by atoms with Gasteiger partial charge in [0.05, 0.1) is 0 Å². The third kappa shape index (κ3) is 5.34. The van der Waals surface area contributed by atoms with Gasteiger partial charge in [0.2, 0.25) is 0 Å². The van der Waals surface area contributed by atoms with Crippen molar-refractivity contribution >= 4 is 6.41 Å². The van der Waals surface area contributed by atoms with E-state index in [0.29, 0.717) is 0 Å². The molecule has 10 heavy (non-hydrogen) atoms. The van der Waals surface area contributed by atoms with Crippen molar-refractivity contribution in [2.45, 2.75) is 12.8 Å². The summed E-state index contributed by atoms with van der Waals surface area (Å²) in [6.07, 6.45) is 6.22. The summed E-state index contributed by atoms with van der Waals surface area (Å²) in [5.41, 5.74) is 0. The van der Waals surface area contributed by atoms with Crippen molar-refractivity contribution < 1.29 is 70.2 Å². The van der Waals surface area contributed by atoms with Gasteiger partial charge in [-0.1, -0.05) is 6.42 Å². The van der Waals surface area contributed by atoms with Gasteiger partial charge >= 0.3 is 0 Å². The van der Waals surface area contributed by atoms with Crippen LogP contribution in [0.3, 0.4) is 0 Å². The van der Waals surface area contributed by atoms with E-state index >= 15 is 0 Å². The molecule has 1 saturated heterocycles. The first-order chi connectivity index (χ1) is 3.93. The number of rotatable bonds is 1. The first-order valence-corrected chi connectivity index (χ1v) is 2.88. The summed E-state index contributed by atoms with van der Waals surface area (Å²) in [7, 11) is 0. The molecule has 1 aliphatic heterocycles. The Kier molecular flexibility index (Phi) is 12.5. The zero-order valence-corrected chi connectivity index (χ0v) is 11.6. The normalized spacial score (nSPS) is 16.6. The molecule has 1 fully saturated rings. The molecule has 0 aromatic rings. The maximum Gasteiger partial charge on any atom is 0 e. The van der Waals surface area contributed by atoms with Crippen LogP contribution in [-0.2, 0) is 70.2 Å². The zero-order chi connectivity index (χ0) is 5.82. The number of carbonyl (C=O) groups excluding carboxylic acids is 1. The van der Waals surface area contributed by atoms with Crippen LogP contribution in [0.1, 0.15) is 12.8 Å². The molecule has 0 atom stereocenters. The molecule has 0 N–H and O–H groups in total. The van der Waals surface area contributed by atoms with E-state index in [2.05, 4.69) is 6.42 Å². The number of amides is 1. The molecule has 0 saturated carbocycles. The second-order valence-electron chi connectivity index (χ2n) is 1.97.